The van der Waals surface area contributed by atoms with E-state index in [0.29, 0.717) is 24.3 Å². The summed E-state index contributed by atoms with van der Waals surface area (Å²) in [5, 5.41) is 11.1. The van der Waals surface area contributed by atoms with Gasteiger partial charge in [-0.3, -0.25) is 24.1 Å². The molecule has 4 amide bonds. The van der Waals surface area contributed by atoms with Gasteiger partial charge in [-0.15, -0.1) is 0 Å². The SMILES string of the molecule is C[C@@H]1NC(=O)CC[C@@H](C(=O)NCc2ccc(CN3CCCCC3)cc2)NC(=O)c2ccccc2OCCCNC1=O. The Morgan fingerprint density at radius 3 is 2.46 bits per heavy atom. The van der Waals surface area contributed by atoms with Crippen LogP contribution in [0.2, 0.25) is 0 Å². The van der Waals surface area contributed by atoms with Crippen molar-refractivity contribution in [2.75, 3.05) is 26.2 Å². The molecule has 1 fully saturated rings. The number of rotatable bonds is 5. The van der Waals surface area contributed by atoms with Crippen LogP contribution in [0, 0.1) is 0 Å². The number of fused-ring (bicyclic) bond motifs is 1. The lowest BCUT2D eigenvalue weighted by Gasteiger charge is -2.26. The Balaban J connectivity index is 1.41. The summed E-state index contributed by atoms with van der Waals surface area (Å²) in [4.78, 5) is 53.9. The maximum atomic E-state index is 13.3. The molecule has 10 nitrogen and oxygen atoms in total. The second-order valence-corrected chi connectivity index (χ2v) is 10.7. The van der Waals surface area contributed by atoms with Crippen molar-refractivity contribution in [3.8, 4) is 5.75 Å². The highest BCUT2D eigenvalue weighted by molar-refractivity contribution is 5.99. The first-order valence-electron chi connectivity index (χ1n) is 14.6. The number of benzene rings is 2. The van der Waals surface area contributed by atoms with Crippen molar-refractivity contribution in [1.82, 2.24) is 26.2 Å². The summed E-state index contributed by atoms with van der Waals surface area (Å²) in [6.07, 6.45) is 4.34. The highest BCUT2D eigenvalue weighted by Gasteiger charge is 2.25. The zero-order chi connectivity index (χ0) is 29.0. The molecule has 0 unspecified atom stereocenters. The van der Waals surface area contributed by atoms with Gasteiger partial charge in [0.05, 0.1) is 12.2 Å². The monoisotopic (exact) mass is 563 g/mol. The molecule has 41 heavy (non-hydrogen) atoms. The number of nitrogens with zero attached hydrogens (tertiary/aromatic N) is 1. The van der Waals surface area contributed by atoms with E-state index in [1.807, 2.05) is 12.1 Å². The third-order valence-electron chi connectivity index (χ3n) is 7.41. The summed E-state index contributed by atoms with van der Waals surface area (Å²) in [6, 6.07) is 13.3. The van der Waals surface area contributed by atoms with E-state index in [4.69, 9.17) is 4.74 Å². The maximum Gasteiger partial charge on any atom is 0.255 e. The van der Waals surface area contributed by atoms with Gasteiger partial charge in [0.1, 0.15) is 17.8 Å². The summed E-state index contributed by atoms with van der Waals surface area (Å²) in [6.45, 7) is 5.74. The predicted molar refractivity (Wildman–Crippen MR) is 155 cm³/mol. The van der Waals surface area contributed by atoms with Crippen LogP contribution in [-0.2, 0) is 27.5 Å². The summed E-state index contributed by atoms with van der Waals surface area (Å²) in [5.74, 6) is -1.14. The van der Waals surface area contributed by atoms with Gasteiger partial charge >= 0.3 is 0 Å². The fourth-order valence-electron chi connectivity index (χ4n) is 5.01. The van der Waals surface area contributed by atoms with Gasteiger partial charge in [-0.2, -0.15) is 0 Å². The van der Waals surface area contributed by atoms with Crippen molar-refractivity contribution in [2.45, 2.75) is 70.6 Å². The Kier molecular flexibility index (Phi) is 11.1. The van der Waals surface area contributed by atoms with Crippen molar-refractivity contribution in [2.24, 2.45) is 0 Å². The third-order valence-corrected chi connectivity index (χ3v) is 7.41. The zero-order valence-corrected chi connectivity index (χ0v) is 23.7. The Morgan fingerprint density at radius 2 is 1.68 bits per heavy atom. The molecule has 2 atom stereocenters. The van der Waals surface area contributed by atoms with Gasteiger partial charge in [-0.05, 0) is 69.0 Å². The Bertz CT molecular complexity index is 1200. The predicted octanol–water partition coefficient (Wildman–Crippen LogP) is 2.27. The van der Waals surface area contributed by atoms with Crippen LogP contribution in [0.3, 0.4) is 0 Å². The molecule has 220 valence electrons. The van der Waals surface area contributed by atoms with Gasteiger partial charge in [0.15, 0.2) is 0 Å². The van der Waals surface area contributed by atoms with Gasteiger partial charge in [0.2, 0.25) is 17.7 Å². The normalized spacial score (nSPS) is 21.4. The van der Waals surface area contributed by atoms with Crippen molar-refractivity contribution in [1.29, 1.82) is 0 Å². The number of piperidine rings is 1. The number of likely N-dealkylation sites (tertiary alicyclic amines) is 1. The molecule has 0 bridgehead atoms. The number of hydrogen-bond donors (Lipinski definition) is 4. The highest BCUT2D eigenvalue weighted by Crippen LogP contribution is 2.19. The maximum absolute atomic E-state index is 13.3. The Hall–Kier alpha value is -3.92. The van der Waals surface area contributed by atoms with E-state index in [1.165, 1.54) is 24.8 Å². The molecule has 2 heterocycles. The van der Waals surface area contributed by atoms with E-state index in [2.05, 4.69) is 38.3 Å². The van der Waals surface area contributed by atoms with Crippen molar-refractivity contribution in [3.63, 3.8) is 0 Å². The van der Waals surface area contributed by atoms with Gasteiger partial charge in [0.25, 0.3) is 5.91 Å². The van der Waals surface area contributed by atoms with E-state index in [-0.39, 0.29) is 37.8 Å². The van der Waals surface area contributed by atoms with Crippen LogP contribution in [0.15, 0.2) is 48.5 Å². The van der Waals surface area contributed by atoms with Crippen molar-refractivity contribution < 1.29 is 23.9 Å². The molecule has 2 aliphatic rings. The summed E-state index contributed by atoms with van der Waals surface area (Å²) in [7, 11) is 0. The number of ether oxygens (including phenoxy) is 1. The largest absolute Gasteiger partial charge is 0.493 e. The molecule has 0 radical (unpaired) electrons. The molecule has 4 N–H and O–H groups in total. The lowest BCUT2D eigenvalue weighted by atomic mass is 10.1. The average molecular weight is 564 g/mol. The molecule has 2 aromatic carbocycles. The fourth-order valence-corrected chi connectivity index (χ4v) is 5.01. The van der Waals surface area contributed by atoms with E-state index in [9.17, 15) is 19.2 Å². The summed E-state index contributed by atoms with van der Waals surface area (Å²) < 4.78 is 5.81. The lowest BCUT2D eigenvalue weighted by Crippen LogP contribution is -2.48. The van der Waals surface area contributed by atoms with Gasteiger partial charge in [0, 0.05) is 26.1 Å². The average Bonchev–Trinajstić information content (AvgIpc) is 2.98. The molecule has 0 saturated carbocycles. The van der Waals surface area contributed by atoms with E-state index < -0.39 is 23.9 Å². The number of carbonyl (C=O) groups is 4. The zero-order valence-electron chi connectivity index (χ0n) is 23.7. The molecule has 0 aromatic heterocycles. The van der Waals surface area contributed by atoms with Crippen LogP contribution in [0.25, 0.3) is 0 Å². The van der Waals surface area contributed by atoms with Crippen LogP contribution in [-0.4, -0.2) is 66.9 Å². The molecule has 1 saturated heterocycles. The Labute approximate surface area is 241 Å². The first-order valence-corrected chi connectivity index (χ1v) is 14.6. The quantitative estimate of drug-likeness (QED) is 0.442. The second-order valence-electron chi connectivity index (χ2n) is 10.7. The number of hydrogen-bond acceptors (Lipinski definition) is 6. The smallest absolute Gasteiger partial charge is 0.255 e. The number of nitrogens with one attached hydrogen (secondary N) is 4. The van der Waals surface area contributed by atoms with E-state index in [0.717, 1.165) is 25.2 Å². The summed E-state index contributed by atoms with van der Waals surface area (Å²) >= 11 is 0. The molecule has 10 heteroatoms. The van der Waals surface area contributed by atoms with Crippen LogP contribution in [0.5, 0.6) is 5.75 Å². The third kappa shape index (κ3) is 9.31. The topological polar surface area (TPSA) is 129 Å². The van der Waals surface area contributed by atoms with Crippen LogP contribution >= 0.6 is 0 Å². The van der Waals surface area contributed by atoms with Crippen molar-refractivity contribution >= 4 is 23.6 Å². The molecular weight excluding hydrogens is 522 g/mol. The van der Waals surface area contributed by atoms with Gasteiger partial charge in [-0.1, -0.05) is 42.8 Å². The Morgan fingerprint density at radius 1 is 0.951 bits per heavy atom. The number of carbonyl (C=O) groups excluding carboxylic acids is 4. The number of amides is 4. The molecular formula is C31H41N5O5. The molecule has 2 aromatic rings. The molecule has 0 aliphatic carbocycles. The highest BCUT2D eigenvalue weighted by atomic mass is 16.5. The van der Waals surface area contributed by atoms with E-state index in [1.54, 1.807) is 31.2 Å². The fraction of sp³-hybridized carbons (Fsp3) is 0.484. The molecule has 2 aliphatic heterocycles. The minimum atomic E-state index is -0.961. The minimum absolute atomic E-state index is 0.0423. The van der Waals surface area contributed by atoms with Crippen LogP contribution in [0.4, 0.5) is 0 Å². The first kappa shape index (κ1) is 30.0. The standard InChI is InChI=1S/C31H41N5O5/c1-22-29(38)32-16-7-19-41-27-9-4-3-8-25(27)30(39)35-26(14-15-28(37)34-22)31(40)33-20-23-10-12-24(13-11-23)21-36-17-5-2-6-18-36/h3-4,8-13,22,26H,2,5-7,14-21H2,1H3,(H,32,38)(H,33,40)(H,34,37)(H,35,39)/t22-,26-/m0/s1. The van der Waals surface area contributed by atoms with Gasteiger partial charge < -0.3 is 26.0 Å². The molecule has 0 spiro atoms. The second kappa shape index (κ2) is 15.2. The van der Waals surface area contributed by atoms with Crippen molar-refractivity contribution in [3.05, 3.63) is 65.2 Å². The van der Waals surface area contributed by atoms with Crippen LogP contribution < -0.4 is 26.0 Å². The molecule has 4 rings (SSSR count). The lowest BCUT2D eigenvalue weighted by molar-refractivity contribution is -0.129. The number of para-hydroxylation sites is 1. The van der Waals surface area contributed by atoms with Crippen LogP contribution in [0.1, 0.15) is 66.9 Å². The van der Waals surface area contributed by atoms with E-state index >= 15 is 0 Å². The minimum Gasteiger partial charge on any atom is -0.493 e. The van der Waals surface area contributed by atoms with Gasteiger partial charge in [-0.25, -0.2) is 0 Å². The summed E-state index contributed by atoms with van der Waals surface area (Å²) in [5.41, 5.74) is 2.47. The first-order chi connectivity index (χ1) is 19.9.